The third-order valence-electron chi connectivity index (χ3n) is 4.43. The van der Waals surface area contributed by atoms with Crippen molar-refractivity contribution in [3.05, 3.63) is 48.0 Å². The second-order valence-corrected chi connectivity index (χ2v) is 8.08. The van der Waals surface area contributed by atoms with Crippen LogP contribution < -0.4 is 61.2 Å². The second kappa shape index (κ2) is 13.0. The zero-order chi connectivity index (χ0) is 19.7. The summed E-state index contributed by atoms with van der Waals surface area (Å²) in [5.41, 5.74) is 0.591. The van der Waals surface area contributed by atoms with E-state index in [0.717, 1.165) is 19.3 Å². The molecule has 0 radical (unpaired) electrons. The van der Waals surface area contributed by atoms with Crippen molar-refractivity contribution in [2.75, 3.05) is 0 Å². The van der Waals surface area contributed by atoms with Crippen LogP contribution >= 0.6 is 0 Å². The fraction of sp³-hybridized carbons (Fsp3) is 0.429. The molecule has 2 aromatic carbocycles. The van der Waals surface area contributed by atoms with Crippen LogP contribution in [-0.4, -0.2) is 13.0 Å². The van der Waals surface area contributed by atoms with Crippen molar-refractivity contribution in [3.63, 3.8) is 0 Å². The third-order valence-corrected chi connectivity index (χ3v) is 5.36. The number of rotatable bonds is 11. The van der Waals surface area contributed by atoms with E-state index in [4.69, 9.17) is 4.74 Å². The van der Waals surface area contributed by atoms with Crippen molar-refractivity contribution < 1.29 is 74.2 Å². The zero-order valence-corrected chi connectivity index (χ0v) is 20.6. The molecule has 0 amide bonds. The predicted molar refractivity (Wildman–Crippen MR) is 104 cm³/mol. The zero-order valence-electron chi connectivity index (χ0n) is 16.7. The average Bonchev–Trinajstić information content (AvgIpc) is 2.63. The van der Waals surface area contributed by atoms with Gasteiger partial charge in [0.2, 0.25) is 0 Å². The first-order valence-corrected chi connectivity index (χ1v) is 10.9. The van der Waals surface area contributed by atoms with Crippen molar-refractivity contribution >= 4 is 10.1 Å². The monoisotopic (exact) mass is 430 g/mol. The van der Waals surface area contributed by atoms with Crippen LogP contribution in [0.1, 0.15) is 57.4 Å². The predicted octanol–water partition coefficient (Wildman–Crippen LogP) is 2.10. The molecule has 0 aliphatic rings. The fourth-order valence-corrected chi connectivity index (χ4v) is 3.73. The Morgan fingerprint density at radius 3 is 2.07 bits per heavy atom. The minimum Gasteiger partial charge on any atom is -0.872 e. The molecule has 148 valence electrons. The van der Waals surface area contributed by atoms with Gasteiger partial charge < -0.3 is 9.84 Å². The first-order chi connectivity index (χ1) is 12.9. The van der Waals surface area contributed by atoms with Crippen LogP contribution in [0.3, 0.4) is 0 Å². The Morgan fingerprint density at radius 2 is 1.46 bits per heavy atom. The van der Waals surface area contributed by atoms with E-state index in [9.17, 15) is 18.1 Å². The molecule has 0 unspecified atom stereocenters. The normalized spacial score (nSPS) is 11.1. The molecule has 2 rings (SSSR count). The summed E-state index contributed by atoms with van der Waals surface area (Å²) in [5.74, 6) is 0.589. The standard InChI is InChI=1S/C21H28O5S.K/c1-2-3-4-5-6-7-8-9-17-10-13-20(16-21(17)27(23,24)25)26-19-14-11-18(22)12-15-19;/h10-16,22H,2-9H2,1H3,(H,23,24,25);/q;+1/p-1. The first kappa shape index (κ1) is 25.6. The van der Waals surface area contributed by atoms with Gasteiger partial charge in [-0.05, 0) is 36.6 Å². The van der Waals surface area contributed by atoms with Gasteiger partial charge in [0, 0.05) is 6.07 Å². The van der Waals surface area contributed by atoms with Crippen LogP contribution in [0.15, 0.2) is 47.4 Å². The number of benzene rings is 2. The maximum Gasteiger partial charge on any atom is 1.00 e. The van der Waals surface area contributed by atoms with Gasteiger partial charge in [-0.25, -0.2) is 0 Å². The molecule has 0 saturated heterocycles. The fourth-order valence-electron chi connectivity index (χ4n) is 2.96. The van der Waals surface area contributed by atoms with Crippen molar-refractivity contribution in [1.82, 2.24) is 0 Å². The largest absolute Gasteiger partial charge is 1.00 e. The molecule has 5 nitrogen and oxygen atoms in total. The molecular formula is C21H27KO5S. The molecule has 0 aliphatic carbocycles. The maximum atomic E-state index is 11.8. The van der Waals surface area contributed by atoms with E-state index in [1.165, 1.54) is 56.0 Å². The topological polar surface area (TPSA) is 86.7 Å². The summed E-state index contributed by atoms with van der Waals surface area (Å²) in [4.78, 5) is -0.119. The molecule has 0 fully saturated rings. The molecule has 28 heavy (non-hydrogen) atoms. The van der Waals surface area contributed by atoms with E-state index < -0.39 is 10.1 Å². The Kier molecular flexibility index (Phi) is 11.9. The summed E-state index contributed by atoms with van der Waals surface area (Å²) in [6, 6.07) is 10.5. The van der Waals surface area contributed by atoms with Gasteiger partial charge in [-0.3, -0.25) is 4.55 Å². The van der Waals surface area contributed by atoms with Crippen molar-refractivity contribution in [2.24, 2.45) is 0 Å². The number of hydrogen-bond donors (Lipinski definition) is 1. The number of aryl methyl sites for hydroxylation is 1. The summed E-state index contributed by atoms with van der Waals surface area (Å²) in [5, 5.41) is 11.1. The van der Waals surface area contributed by atoms with Gasteiger partial charge in [0.05, 0.1) is 0 Å². The molecule has 7 heteroatoms. The van der Waals surface area contributed by atoms with E-state index in [-0.39, 0.29) is 62.0 Å². The van der Waals surface area contributed by atoms with Gasteiger partial charge in [-0.1, -0.05) is 63.6 Å². The molecular weight excluding hydrogens is 403 g/mol. The minimum absolute atomic E-state index is 0. The molecule has 0 aliphatic heterocycles. The number of hydrogen-bond acceptors (Lipinski definition) is 4. The van der Waals surface area contributed by atoms with Crippen LogP contribution in [0.25, 0.3) is 0 Å². The average molecular weight is 431 g/mol. The quantitative estimate of drug-likeness (QED) is 0.335. The van der Waals surface area contributed by atoms with Gasteiger partial charge in [-0.2, -0.15) is 8.42 Å². The molecule has 0 atom stereocenters. The Balaban J connectivity index is 0.00000392. The van der Waals surface area contributed by atoms with Crippen LogP contribution in [0.4, 0.5) is 0 Å². The van der Waals surface area contributed by atoms with Crippen molar-refractivity contribution in [1.29, 1.82) is 0 Å². The van der Waals surface area contributed by atoms with E-state index >= 15 is 0 Å². The van der Waals surface area contributed by atoms with E-state index in [1.54, 1.807) is 12.1 Å². The molecule has 0 bridgehead atoms. The summed E-state index contributed by atoms with van der Waals surface area (Å²) in [6.45, 7) is 2.18. The first-order valence-electron chi connectivity index (χ1n) is 9.45. The van der Waals surface area contributed by atoms with Crippen LogP contribution in [-0.2, 0) is 16.5 Å². The SMILES string of the molecule is CCCCCCCCCc1ccc(Oc2ccc([O-])cc2)cc1S(=O)(=O)O.[K+]. The van der Waals surface area contributed by atoms with Crippen LogP contribution in [0, 0.1) is 0 Å². The minimum atomic E-state index is -4.34. The van der Waals surface area contributed by atoms with Gasteiger partial charge in [-0.15, -0.1) is 5.75 Å². The Hall–Kier alpha value is -0.414. The number of ether oxygens (including phenoxy) is 1. The molecule has 0 heterocycles. The Bertz CT molecular complexity index is 819. The summed E-state index contributed by atoms with van der Waals surface area (Å²) in [7, 11) is -4.34. The van der Waals surface area contributed by atoms with Gasteiger partial charge >= 0.3 is 51.4 Å². The third kappa shape index (κ3) is 8.94. The molecule has 0 aromatic heterocycles. The van der Waals surface area contributed by atoms with E-state index in [2.05, 4.69) is 6.92 Å². The smallest absolute Gasteiger partial charge is 0.872 e. The van der Waals surface area contributed by atoms with E-state index in [1.807, 2.05) is 0 Å². The van der Waals surface area contributed by atoms with Crippen LogP contribution in [0.2, 0.25) is 0 Å². The Morgan fingerprint density at radius 1 is 0.893 bits per heavy atom. The Labute approximate surface area is 210 Å². The van der Waals surface area contributed by atoms with Gasteiger partial charge in [0.1, 0.15) is 16.4 Å². The van der Waals surface area contributed by atoms with Crippen molar-refractivity contribution in [2.45, 2.75) is 63.2 Å². The summed E-state index contributed by atoms with van der Waals surface area (Å²) < 4.78 is 38.7. The van der Waals surface area contributed by atoms with Crippen LogP contribution in [0.5, 0.6) is 17.2 Å². The molecule has 0 saturated carbocycles. The molecule has 1 N–H and O–H groups in total. The van der Waals surface area contributed by atoms with Gasteiger partial charge in [0.15, 0.2) is 0 Å². The summed E-state index contributed by atoms with van der Waals surface area (Å²) >= 11 is 0. The molecule has 0 spiro atoms. The van der Waals surface area contributed by atoms with E-state index in [0.29, 0.717) is 23.5 Å². The summed E-state index contributed by atoms with van der Waals surface area (Å²) in [6.07, 6.45) is 8.56. The van der Waals surface area contributed by atoms with Gasteiger partial charge in [0.25, 0.3) is 10.1 Å². The number of unbranched alkanes of at least 4 members (excludes halogenated alkanes) is 6. The van der Waals surface area contributed by atoms with Crippen molar-refractivity contribution in [3.8, 4) is 17.2 Å². The maximum absolute atomic E-state index is 11.8. The second-order valence-electron chi connectivity index (χ2n) is 6.69. The molecule has 2 aromatic rings.